The number of benzene rings is 2. The molecule has 1 aromatic heterocycles. The van der Waals surface area contributed by atoms with Crippen LogP contribution >= 0.6 is 0 Å². The van der Waals surface area contributed by atoms with Crippen molar-refractivity contribution in [2.75, 3.05) is 11.9 Å². The Labute approximate surface area is 165 Å². The first kappa shape index (κ1) is 19.6. The van der Waals surface area contributed by atoms with E-state index in [0.29, 0.717) is 12.2 Å². The maximum Gasteiger partial charge on any atom is 0.221 e. The van der Waals surface area contributed by atoms with Crippen LogP contribution in [0.2, 0.25) is 0 Å². The number of hydrogen-bond donors (Lipinski definition) is 2. The van der Waals surface area contributed by atoms with Crippen molar-refractivity contribution in [3.63, 3.8) is 0 Å². The van der Waals surface area contributed by atoms with Crippen LogP contribution in [0.4, 0.5) is 5.69 Å². The largest absolute Gasteiger partial charge is 0.491 e. The summed E-state index contributed by atoms with van der Waals surface area (Å²) in [6.07, 6.45) is 4.41. The van der Waals surface area contributed by atoms with Crippen molar-refractivity contribution < 1.29 is 14.6 Å². The normalized spacial score (nSPS) is 11.6. The summed E-state index contributed by atoms with van der Waals surface area (Å²) in [5.74, 6) is 0.616. The molecule has 5 heteroatoms. The Balaban J connectivity index is 1.52. The van der Waals surface area contributed by atoms with E-state index in [1.54, 1.807) is 6.20 Å². The minimum absolute atomic E-state index is 0.0945. The topological polar surface area (TPSA) is 71.5 Å². The zero-order valence-electron chi connectivity index (χ0n) is 15.8. The fourth-order valence-electron chi connectivity index (χ4n) is 2.88. The number of carbonyl (C=O) groups excluding carboxylic acids is 1. The number of amides is 1. The average molecular weight is 376 g/mol. The smallest absolute Gasteiger partial charge is 0.221 e. The Hall–Kier alpha value is -3.18. The quantitative estimate of drug-likeness (QED) is 0.621. The van der Waals surface area contributed by atoms with Gasteiger partial charge in [0.1, 0.15) is 12.4 Å². The number of aliphatic hydroxyl groups excluding tert-OH is 1. The molecule has 5 nitrogen and oxygen atoms in total. The highest BCUT2D eigenvalue weighted by atomic mass is 16.5. The molecule has 0 unspecified atom stereocenters. The first-order valence-corrected chi connectivity index (χ1v) is 9.28. The van der Waals surface area contributed by atoms with E-state index in [4.69, 9.17) is 4.74 Å². The summed E-state index contributed by atoms with van der Waals surface area (Å²) >= 11 is 0. The van der Waals surface area contributed by atoms with Crippen molar-refractivity contribution in [2.24, 2.45) is 0 Å². The summed E-state index contributed by atoms with van der Waals surface area (Å²) in [6, 6.07) is 19.3. The number of aliphatic hydroxyl groups is 1. The SMILES string of the molecule is CC(=O)Nc1cccc(-c2ccc(OC[C@H](O)CCc3cccnc3)cc2)c1. The van der Waals surface area contributed by atoms with Gasteiger partial charge < -0.3 is 15.2 Å². The highest BCUT2D eigenvalue weighted by Gasteiger charge is 2.07. The van der Waals surface area contributed by atoms with Gasteiger partial charge in [-0.15, -0.1) is 0 Å². The minimum atomic E-state index is -0.533. The molecule has 28 heavy (non-hydrogen) atoms. The first-order chi connectivity index (χ1) is 13.6. The van der Waals surface area contributed by atoms with E-state index >= 15 is 0 Å². The summed E-state index contributed by atoms with van der Waals surface area (Å²) in [5.41, 5.74) is 3.90. The molecule has 0 aliphatic carbocycles. The molecule has 0 fully saturated rings. The van der Waals surface area contributed by atoms with E-state index in [9.17, 15) is 9.90 Å². The van der Waals surface area contributed by atoms with Crippen LogP contribution in [0.25, 0.3) is 11.1 Å². The average Bonchev–Trinajstić information content (AvgIpc) is 2.71. The van der Waals surface area contributed by atoms with Gasteiger partial charge in [-0.2, -0.15) is 0 Å². The maximum atomic E-state index is 11.2. The maximum absolute atomic E-state index is 11.2. The van der Waals surface area contributed by atoms with Gasteiger partial charge in [0.15, 0.2) is 0 Å². The number of aryl methyl sites for hydroxylation is 1. The molecule has 0 bridgehead atoms. The molecule has 1 atom stereocenters. The predicted molar refractivity (Wildman–Crippen MR) is 110 cm³/mol. The van der Waals surface area contributed by atoms with Crippen molar-refractivity contribution in [2.45, 2.75) is 25.9 Å². The van der Waals surface area contributed by atoms with Crippen molar-refractivity contribution in [3.05, 3.63) is 78.6 Å². The number of hydrogen-bond acceptors (Lipinski definition) is 4. The summed E-state index contributed by atoms with van der Waals surface area (Å²) in [4.78, 5) is 15.3. The van der Waals surface area contributed by atoms with Gasteiger partial charge in [-0.05, 0) is 59.9 Å². The van der Waals surface area contributed by atoms with E-state index in [2.05, 4.69) is 10.3 Å². The Morgan fingerprint density at radius 3 is 2.64 bits per heavy atom. The highest BCUT2D eigenvalue weighted by molar-refractivity contribution is 5.89. The fraction of sp³-hybridized carbons (Fsp3) is 0.217. The number of aromatic nitrogens is 1. The van der Waals surface area contributed by atoms with Crippen molar-refractivity contribution >= 4 is 11.6 Å². The number of anilines is 1. The lowest BCUT2D eigenvalue weighted by atomic mass is 10.0. The van der Waals surface area contributed by atoms with Crippen LogP contribution in [0.3, 0.4) is 0 Å². The van der Waals surface area contributed by atoms with Crippen LogP contribution < -0.4 is 10.1 Å². The highest BCUT2D eigenvalue weighted by Crippen LogP contribution is 2.25. The van der Waals surface area contributed by atoms with E-state index in [-0.39, 0.29) is 12.5 Å². The summed E-state index contributed by atoms with van der Waals surface area (Å²) < 4.78 is 5.70. The van der Waals surface area contributed by atoms with Gasteiger partial charge in [0.2, 0.25) is 5.91 Å². The molecule has 3 aromatic rings. The number of ether oxygens (including phenoxy) is 1. The lowest BCUT2D eigenvalue weighted by Gasteiger charge is -2.13. The van der Waals surface area contributed by atoms with E-state index < -0.39 is 6.10 Å². The predicted octanol–water partition coefficient (Wildman–Crippen LogP) is 4.08. The van der Waals surface area contributed by atoms with Crippen LogP contribution in [0.1, 0.15) is 18.9 Å². The molecule has 3 rings (SSSR count). The van der Waals surface area contributed by atoms with Gasteiger partial charge >= 0.3 is 0 Å². The van der Waals surface area contributed by atoms with Crippen LogP contribution in [-0.4, -0.2) is 28.7 Å². The third kappa shape index (κ3) is 5.93. The Bertz CT molecular complexity index is 895. The summed E-state index contributed by atoms with van der Waals surface area (Å²) in [5, 5.41) is 12.9. The molecule has 144 valence electrons. The van der Waals surface area contributed by atoms with E-state index in [1.165, 1.54) is 6.92 Å². The third-order valence-electron chi connectivity index (χ3n) is 4.30. The third-order valence-corrected chi connectivity index (χ3v) is 4.30. The Morgan fingerprint density at radius 2 is 1.93 bits per heavy atom. The molecular weight excluding hydrogens is 352 g/mol. The second-order valence-corrected chi connectivity index (χ2v) is 6.65. The molecule has 2 N–H and O–H groups in total. The van der Waals surface area contributed by atoms with E-state index in [0.717, 1.165) is 28.8 Å². The van der Waals surface area contributed by atoms with Crippen LogP contribution in [0.5, 0.6) is 5.75 Å². The van der Waals surface area contributed by atoms with Crippen LogP contribution in [0, 0.1) is 0 Å². The van der Waals surface area contributed by atoms with Gasteiger partial charge in [-0.3, -0.25) is 9.78 Å². The van der Waals surface area contributed by atoms with Crippen molar-refractivity contribution in [1.82, 2.24) is 4.98 Å². The van der Waals surface area contributed by atoms with Crippen LogP contribution in [0.15, 0.2) is 73.1 Å². The Kier molecular flexibility index (Phi) is 6.76. The number of nitrogens with zero attached hydrogens (tertiary/aromatic N) is 1. The zero-order chi connectivity index (χ0) is 19.8. The molecule has 0 radical (unpaired) electrons. The van der Waals surface area contributed by atoms with Gasteiger partial charge in [-0.1, -0.05) is 30.3 Å². The molecule has 0 aliphatic heterocycles. The van der Waals surface area contributed by atoms with Crippen molar-refractivity contribution in [3.8, 4) is 16.9 Å². The van der Waals surface area contributed by atoms with Crippen molar-refractivity contribution in [1.29, 1.82) is 0 Å². The number of carbonyl (C=O) groups is 1. The molecule has 0 saturated carbocycles. The number of pyridine rings is 1. The molecule has 1 amide bonds. The molecule has 2 aromatic carbocycles. The molecule has 0 saturated heterocycles. The van der Waals surface area contributed by atoms with Gasteiger partial charge in [0.25, 0.3) is 0 Å². The first-order valence-electron chi connectivity index (χ1n) is 9.28. The minimum Gasteiger partial charge on any atom is -0.491 e. The van der Waals surface area contributed by atoms with Gasteiger partial charge in [0.05, 0.1) is 6.10 Å². The summed E-state index contributed by atoms with van der Waals surface area (Å²) in [7, 11) is 0. The lowest BCUT2D eigenvalue weighted by Crippen LogP contribution is -2.18. The molecule has 0 aliphatic rings. The summed E-state index contributed by atoms with van der Waals surface area (Å²) in [6.45, 7) is 1.74. The monoisotopic (exact) mass is 376 g/mol. The van der Waals surface area contributed by atoms with Crippen LogP contribution in [-0.2, 0) is 11.2 Å². The molecular formula is C23H24N2O3. The van der Waals surface area contributed by atoms with Gasteiger partial charge in [-0.25, -0.2) is 0 Å². The Morgan fingerprint density at radius 1 is 1.11 bits per heavy atom. The number of rotatable bonds is 8. The lowest BCUT2D eigenvalue weighted by molar-refractivity contribution is -0.114. The fourth-order valence-corrected chi connectivity index (χ4v) is 2.88. The standard InChI is InChI=1S/C23H24N2O3/c1-17(26)25-21-6-2-5-20(14-21)19-8-11-23(12-9-19)28-16-22(27)10-7-18-4-3-13-24-15-18/h2-6,8-9,11-15,22,27H,7,10,16H2,1H3,(H,25,26)/t22-/m1/s1. The molecule has 0 spiro atoms. The second kappa shape index (κ2) is 9.67. The van der Waals surface area contributed by atoms with E-state index in [1.807, 2.05) is 66.9 Å². The number of nitrogens with one attached hydrogen (secondary N) is 1. The second-order valence-electron chi connectivity index (χ2n) is 6.65. The van der Waals surface area contributed by atoms with Gasteiger partial charge in [0, 0.05) is 25.0 Å². The molecule has 1 heterocycles. The zero-order valence-corrected chi connectivity index (χ0v) is 15.8.